The van der Waals surface area contributed by atoms with E-state index in [2.05, 4.69) is 41.5 Å². The zero-order chi connectivity index (χ0) is 31.0. The first-order valence-corrected chi connectivity index (χ1v) is 15.8. The van der Waals surface area contributed by atoms with Gasteiger partial charge in [-0.1, -0.05) is 55.4 Å². The van der Waals surface area contributed by atoms with Crippen molar-refractivity contribution in [3.05, 3.63) is 68.4 Å². The SMILES string of the molecule is CC.CN1C(=O)c2cc(-c3ccc(C(C)(C)C)s3)c3c4c(cc(-c5ccc(C(C)(C)C)s5)c(c24)C1=O)C(=O)N(C)C3=O. The van der Waals surface area contributed by atoms with Crippen LogP contribution in [0.15, 0.2) is 36.4 Å². The highest BCUT2D eigenvalue weighted by Gasteiger charge is 2.41. The van der Waals surface area contributed by atoms with Crippen LogP contribution >= 0.6 is 22.7 Å². The molecule has 4 amide bonds. The van der Waals surface area contributed by atoms with E-state index in [1.54, 1.807) is 34.8 Å². The first-order valence-electron chi connectivity index (χ1n) is 14.1. The lowest BCUT2D eigenvalue weighted by Gasteiger charge is -2.32. The zero-order valence-corrected chi connectivity index (χ0v) is 27.4. The van der Waals surface area contributed by atoms with Crippen LogP contribution in [0.5, 0.6) is 0 Å². The van der Waals surface area contributed by atoms with Crippen LogP contribution in [0.3, 0.4) is 0 Å². The number of imide groups is 2. The van der Waals surface area contributed by atoms with Gasteiger partial charge in [0.2, 0.25) is 0 Å². The van der Waals surface area contributed by atoms with E-state index in [9.17, 15) is 19.2 Å². The van der Waals surface area contributed by atoms with Crippen molar-refractivity contribution in [3.63, 3.8) is 0 Å². The summed E-state index contributed by atoms with van der Waals surface area (Å²) in [5, 5.41) is 0.792. The van der Waals surface area contributed by atoms with Crippen LogP contribution < -0.4 is 0 Å². The average molecular weight is 601 g/mol. The average Bonchev–Trinajstić information content (AvgIpc) is 3.64. The molecule has 6 nitrogen and oxygen atoms in total. The Bertz CT molecular complexity index is 1690. The maximum Gasteiger partial charge on any atom is 0.261 e. The molecule has 0 spiro atoms. The molecule has 6 rings (SSSR count). The van der Waals surface area contributed by atoms with Crippen molar-refractivity contribution in [2.45, 2.75) is 66.2 Å². The highest BCUT2D eigenvalue weighted by Crippen LogP contribution is 2.48. The fourth-order valence-electron chi connectivity index (χ4n) is 5.46. The second-order valence-corrected chi connectivity index (χ2v) is 14.8. The molecule has 2 aliphatic heterocycles. The van der Waals surface area contributed by atoms with Gasteiger partial charge >= 0.3 is 0 Å². The Morgan fingerprint density at radius 1 is 0.524 bits per heavy atom. The molecule has 0 saturated carbocycles. The number of benzene rings is 2. The number of carbonyl (C=O) groups is 4. The van der Waals surface area contributed by atoms with Crippen LogP contribution in [0.4, 0.5) is 0 Å². The van der Waals surface area contributed by atoms with E-state index in [4.69, 9.17) is 0 Å². The monoisotopic (exact) mass is 600 g/mol. The van der Waals surface area contributed by atoms with Crippen molar-refractivity contribution in [1.82, 2.24) is 9.80 Å². The van der Waals surface area contributed by atoms with E-state index < -0.39 is 23.6 Å². The third-order valence-corrected chi connectivity index (χ3v) is 10.8. The molecule has 2 aromatic heterocycles. The standard InChI is InChI=1S/C32H30N2O4S2.C2H6/c1-31(2,3)21-11-9-19(39-21)15-13-17-24-23-18(28(36)33(7)29(37)25(15)23)14-16(26(24)30(38)34(8)27(17)35)20-10-12-22(40-20)32(4,5)6;1-2/h9-14H,1-8H3;1-2H3. The number of amides is 4. The van der Waals surface area contributed by atoms with Crippen molar-refractivity contribution in [1.29, 1.82) is 0 Å². The topological polar surface area (TPSA) is 74.8 Å². The Labute approximate surface area is 255 Å². The van der Waals surface area contributed by atoms with E-state index in [-0.39, 0.29) is 10.8 Å². The maximum atomic E-state index is 13.8. The van der Waals surface area contributed by atoms with Crippen LogP contribution in [0, 0.1) is 0 Å². The van der Waals surface area contributed by atoms with Crippen molar-refractivity contribution < 1.29 is 19.2 Å². The Hall–Kier alpha value is -3.62. The number of nitrogens with zero attached hydrogens (tertiary/aromatic N) is 2. The molecule has 0 aliphatic carbocycles. The molecule has 0 saturated heterocycles. The molecular weight excluding hydrogens is 565 g/mol. The number of carbonyl (C=O) groups excluding carboxylic acids is 4. The Morgan fingerprint density at radius 2 is 0.857 bits per heavy atom. The minimum Gasteiger partial charge on any atom is -0.277 e. The summed E-state index contributed by atoms with van der Waals surface area (Å²) in [4.78, 5) is 61.0. The molecule has 4 heterocycles. The van der Waals surface area contributed by atoms with Crippen molar-refractivity contribution in [2.24, 2.45) is 0 Å². The Balaban J connectivity index is 0.00000173. The molecule has 2 aliphatic rings. The fraction of sp³-hybridized carbons (Fsp3) is 0.353. The van der Waals surface area contributed by atoms with Gasteiger partial charge < -0.3 is 0 Å². The smallest absolute Gasteiger partial charge is 0.261 e. The summed E-state index contributed by atoms with van der Waals surface area (Å²) in [6, 6.07) is 11.5. The zero-order valence-electron chi connectivity index (χ0n) is 25.8. The van der Waals surface area contributed by atoms with Crippen molar-refractivity contribution in [3.8, 4) is 20.9 Å². The lowest BCUT2D eigenvalue weighted by atomic mass is 9.81. The Kier molecular flexibility index (Phi) is 7.10. The van der Waals surface area contributed by atoms with E-state index >= 15 is 0 Å². The molecule has 4 aromatic rings. The van der Waals surface area contributed by atoms with Gasteiger partial charge in [0.25, 0.3) is 23.6 Å². The van der Waals surface area contributed by atoms with Crippen molar-refractivity contribution >= 4 is 57.1 Å². The van der Waals surface area contributed by atoms with Gasteiger partial charge in [-0.25, -0.2) is 0 Å². The minimum absolute atomic E-state index is 0.0929. The van der Waals surface area contributed by atoms with Crippen molar-refractivity contribution in [2.75, 3.05) is 14.1 Å². The predicted octanol–water partition coefficient (Wildman–Crippen LogP) is 8.37. The van der Waals surface area contributed by atoms with Crippen LogP contribution in [0.2, 0.25) is 0 Å². The first kappa shape index (κ1) is 29.9. The largest absolute Gasteiger partial charge is 0.277 e. The van der Waals surface area contributed by atoms with Gasteiger partial charge in [-0.05, 0) is 47.2 Å². The second kappa shape index (κ2) is 9.99. The highest BCUT2D eigenvalue weighted by atomic mass is 32.1. The molecule has 0 bridgehead atoms. The third kappa shape index (κ3) is 4.34. The summed E-state index contributed by atoms with van der Waals surface area (Å²) < 4.78 is 0. The molecule has 2 aromatic carbocycles. The van der Waals surface area contributed by atoms with Crippen LogP contribution in [-0.4, -0.2) is 47.5 Å². The van der Waals surface area contributed by atoms with Gasteiger partial charge in [0.15, 0.2) is 0 Å². The molecule has 218 valence electrons. The minimum atomic E-state index is -0.443. The molecule has 0 unspecified atom stereocenters. The van der Waals surface area contributed by atoms with Crippen LogP contribution in [-0.2, 0) is 10.8 Å². The molecule has 8 heteroatoms. The van der Waals surface area contributed by atoms with E-state index in [0.29, 0.717) is 44.2 Å². The summed E-state index contributed by atoms with van der Waals surface area (Å²) in [5.74, 6) is -1.76. The molecule has 0 N–H and O–H groups in total. The molecule has 0 atom stereocenters. The quantitative estimate of drug-likeness (QED) is 0.217. The van der Waals surface area contributed by atoms with Gasteiger partial charge in [-0.15, -0.1) is 22.7 Å². The van der Waals surface area contributed by atoms with E-state index in [1.165, 1.54) is 14.1 Å². The number of thiophene rings is 2. The number of hydrogen-bond donors (Lipinski definition) is 0. The maximum absolute atomic E-state index is 13.8. The van der Waals surface area contributed by atoms with Crippen LogP contribution in [0.1, 0.15) is 107 Å². The van der Waals surface area contributed by atoms with E-state index in [0.717, 1.165) is 29.3 Å². The molecule has 0 fully saturated rings. The molecular formula is C34H36N2O4S2. The fourth-order valence-corrected chi connectivity index (χ4v) is 7.63. The lowest BCUT2D eigenvalue weighted by molar-refractivity contribution is 0.0630. The summed E-state index contributed by atoms with van der Waals surface area (Å²) in [7, 11) is 2.97. The summed E-state index contributed by atoms with van der Waals surface area (Å²) >= 11 is 3.14. The summed E-state index contributed by atoms with van der Waals surface area (Å²) in [6.45, 7) is 16.8. The lowest BCUT2D eigenvalue weighted by Crippen LogP contribution is -2.41. The van der Waals surface area contributed by atoms with Crippen LogP contribution in [0.25, 0.3) is 31.7 Å². The third-order valence-electron chi connectivity index (χ3n) is 7.73. The summed E-state index contributed by atoms with van der Waals surface area (Å²) in [5.41, 5.74) is 2.41. The van der Waals surface area contributed by atoms with Gasteiger partial charge in [0.05, 0.1) is 11.1 Å². The number of rotatable bonds is 2. The Morgan fingerprint density at radius 3 is 1.14 bits per heavy atom. The first-order chi connectivity index (χ1) is 19.6. The molecule has 42 heavy (non-hydrogen) atoms. The normalized spacial score (nSPS) is 15.0. The summed E-state index contributed by atoms with van der Waals surface area (Å²) in [6.07, 6.45) is 0. The predicted molar refractivity (Wildman–Crippen MR) is 172 cm³/mol. The van der Waals surface area contributed by atoms with Gasteiger partial charge in [0.1, 0.15) is 0 Å². The van der Waals surface area contributed by atoms with Gasteiger partial charge in [0, 0.05) is 66.6 Å². The second-order valence-electron chi connectivity index (χ2n) is 12.6. The van der Waals surface area contributed by atoms with E-state index in [1.807, 2.05) is 38.1 Å². The highest BCUT2D eigenvalue weighted by molar-refractivity contribution is 7.16. The number of hydrogen-bond acceptors (Lipinski definition) is 6. The van der Waals surface area contributed by atoms with Gasteiger partial charge in [-0.2, -0.15) is 0 Å². The molecule has 0 radical (unpaired) electrons. The van der Waals surface area contributed by atoms with Gasteiger partial charge in [-0.3, -0.25) is 29.0 Å².